The Bertz CT molecular complexity index is 479. The van der Waals surface area contributed by atoms with Gasteiger partial charge < -0.3 is 11.1 Å². The van der Waals surface area contributed by atoms with E-state index in [0.29, 0.717) is 25.3 Å². The van der Waals surface area contributed by atoms with Gasteiger partial charge in [-0.05, 0) is 11.4 Å². The van der Waals surface area contributed by atoms with Gasteiger partial charge in [0.1, 0.15) is 0 Å². The molecule has 90 valence electrons. The summed E-state index contributed by atoms with van der Waals surface area (Å²) >= 11 is 1.60. The summed E-state index contributed by atoms with van der Waals surface area (Å²) in [5.74, 6) is -0.221. The molecule has 0 aliphatic rings. The van der Waals surface area contributed by atoms with Crippen LogP contribution in [0.3, 0.4) is 0 Å². The Morgan fingerprint density at radius 2 is 2.47 bits per heavy atom. The van der Waals surface area contributed by atoms with Gasteiger partial charge >= 0.3 is 0 Å². The molecule has 2 aromatic heterocycles. The van der Waals surface area contributed by atoms with Crippen molar-refractivity contribution >= 4 is 17.2 Å². The maximum Gasteiger partial charge on any atom is 0.273 e. The Kier molecular flexibility index (Phi) is 3.84. The van der Waals surface area contributed by atoms with E-state index in [2.05, 4.69) is 15.6 Å². The Morgan fingerprint density at radius 3 is 3.18 bits per heavy atom. The fraction of sp³-hybridized carbons (Fsp3) is 0.300. The molecule has 7 heteroatoms. The monoisotopic (exact) mass is 251 g/mol. The van der Waals surface area contributed by atoms with Crippen molar-refractivity contribution in [2.24, 2.45) is 5.73 Å². The van der Waals surface area contributed by atoms with Crippen molar-refractivity contribution in [1.82, 2.24) is 20.3 Å². The zero-order valence-electron chi connectivity index (χ0n) is 9.17. The van der Waals surface area contributed by atoms with E-state index in [4.69, 9.17) is 5.73 Å². The normalized spacial score (nSPS) is 10.4. The van der Waals surface area contributed by atoms with E-state index in [-0.39, 0.29) is 5.91 Å². The zero-order valence-corrected chi connectivity index (χ0v) is 9.98. The third kappa shape index (κ3) is 3.11. The van der Waals surface area contributed by atoms with Gasteiger partial charge in [0.25, 0.3) is 5.91 Å². The Hall–Kier alpha value is -1.73. The molecule has 0 spiro atoms. The highest BCUT2D eigenvalue weighted by molar-refractivity contribution is 7.09. The van der Waals surface area contributed by atoms with Crippen LogP contribution in [-0.4, -0.2) is 27.4 Å². The van der Waals surface area contributed by atoms with Gasteiger partial charge in [0.05, 0.1) is 19.3 Å². The highest BCUT2D eigenvalue weighted by Crippen LogP contribution is 2.07. The van der Waals surface area contributed by atoms with Gasteiger partial charge in [0.2, 0.25) is 0 Å². The Labute approximate surface area is 102 Å². The van der Waals surface area contributed by atoms with Crippen LogP contribution in [0, 0.1) is 0 Å². The van der Waals surface area contributed by atoms with E-state index in [1.54, 1.807) is 22.2 Å². The maximum absolute atomic E-state index is 11.7. The summed E-state index contributed by atoms with van der Waals surface area (Å²) in [4.78, 5) is 12.8. The lowest BCUT2D eigenvalue weighted by atomic mass is 10.4. The number of nitrogens with two attached hydrogens (primary N) is 1. The van der Waals surface area contributed by atoms with Crippen molar-refractivity contribution in [1.29, 1.82) is 0 Å². The Balaban J connectivity index is 1.90. The summed E-state index contributed by atoms with van der Waals surface area (Å²) in [7, 11) is 0. The third-order valence-electron chi connectivity index (χ3n) is 2.13. The van der Waals surface area contributed by atoms with E-state index in [9.17, 15) is 4.79 Å². The second kappa shape index (κ2) is 5.55. The van der Waals surface area contributed by atoms with Gasteiger partial charge in [-0.25, -0.2) is 0 Å². The number of carbonyl (C=O) groups is 1. The minimum atomic E-state index is -0.221. The molecule has 2 aromatic rings. The van der Waals surface area contributed by atoms with E-state index >= 15 is 0 Å². The van der Waals surface area contributed by atoms with Crippen LogP contribution in [0.25, 0.3) is 0 Å². The molecule has 3 N–H and O–H groups in total. The van der Waals surface area contributed by atoms with Crippen LogP contribution in [0.4, 0.5) is 0 Å². The fourth-order valence-corrected chi connectivity index (χ4v) is 1.96. The van der Waals surface area contributed by atoms with Gasteiger partial charge in [0, 0.05) is 11.4 Å². The van der Waals surface area contributed by atoms with Crippen molar-refractivity contribution in [2.75, 3.05) is 6.54 Å². The van der Waals surface area contributed by atoms with Crippen LogP contribution < -0.4 is 11.1 Å². The molecule has 2 heterocycles. The lowest BCUT2D eigenvalue weighted by Crippen LogP contribution is -2.22. The fourth-order valence-electron chi connectivity index (χ4n) is 1.32. The Morgan fingerprint density at radius 1 is 1.59 bits per heavy atom. The minimum Gasteiger partial charge on any atom is -0.346 e. The number of hydrogen-bond donors (Lipinski definition) is 2. The van der Waals surface area contributed by atoms with Crippen LogP contribution in [0.2, 0.25) is 0 Å². The molecule has 0 bridgehead atoms. The van der Waals surface area contributed by atoms with E-state index < -0.39 is 0 Å². The molecule has 0 saturated heterocycles. The molecule has 0 atom stereocenters. The number of nitrogens with zero attached hydrogens (tertiary/aromatic N) is 3. The molecule has 0 aliphatic carbocycles. The van der Waals surface area contributed by atoms with Gasteiger partial charge in [-0.3, -0.25) is 9.48 Å². The van der Waals surface area contributed by atoms with Gasteiger partial charge in [-0.2, -0.15) is 0 Å². The minimum absolute atomic E-state index is 0.221. The lowest BCUT2D eigenvalue weighted by molar-refractivity contribution is 0.0946. The van der Waals surface area contributed by atoms with Crippen LogP contribution in [0.1, 0.15) is 15.4 Å². The first-order valence-corrected chi connectivity index (χ1v) is 6.08. The average Bonchev–Trinajstić information content (AvgIpc) is 2.97. The summed E-state index contributed by atoms with van der Waals surface area (Å²) in [6, 6.07) is 3.92. The quantitative estimate of drug-likeness (QED) is 0.796. The van der Waals surface area contributed by atoms with Gasteiger partial charge in [-0.15, -0.1) is 16.4 Å². The first-order chi connectivity index (χ1) is 8.29. The number of rotatable bonds is 5. The summed E-state index contributed by atoms with van der Waals surface area (Å²) in [5, 5.41) is 12.3. The molecule has 6 nitrogen and oxygen atoms in total. The molecule has 2 rings (SSSR count). The maximum atomic E-state index is 11.7. The molecule has 0 radical (unpaired) electrons. The van der Waals surface area contributed by atoms with Crippen LogP contribution >= 0.6 is 11.3 Å². The number of carbonyl (C=O) groups excluding carboxylic acids is 1. The van der Waals surface area contributed by atoms with Crippen LogP contribution in [-0.2, 0) is 13.1 Å². The lowest BCUT2D eigenvalue weighted by Gasteiger charge is -1.99. The summed E-state index contributed by atoms with van der Waals surface area (Å²) in [6.07, 6.45) is 1.59. The summed E-state index contributed by atoms with van der Waals surface area (Å²) in [6.45, 7) is 1.55. The summed E-state index contributed by atoms with van der Waals surface area (Å²) in [5.41, 5.74) is 5.70. The predicted octanol–water partition coefficient (Wildman–Crippen LogP) is 0.228. The van der Waals surface area contributed by atoms with Gasteiger partial charge in [0.15, 0.2) is 5.69 Å². The molecule has 0 aliphatic heterocycles. The number of thiophene rings is 1. The second-order valence-electron chi connectivity index (χ2n) is 3.42. The van der Waals surface area contributed by atoms with Crippen LogP contribution in [0.5, 0.6) is 0 Å². The first-order valence-electron chi connectivity index (χ1n) is 5.20. The van der Waals surface area contributed by atoms with E-state index in [0.717, 1.165) is 4.88 Å². The SMILES string of the molecule is NCCn1cc(C(=O)NCc2cccs2)nn1. The molecule has 0 saturated carbocycles. The topological polar surface area (TPSA) is 85.8 Å². The molecular weight excluding hydrogens is 238 g/mol. The second-order valence-corrected chi connectivity index (χ2v) is 4.45. The van der Waals surface area contributed by atoms with Crippen molar-refractivity contribution in [3.05, 3.63) is 34.3 Å². The first kappa shape index (κ1) is 11.7. The van der Waals surface area contributed by atoms with Crippen molar-refractivity contribution in [3.63, 3.8) is 0 Å². The van der Waals surface area contributed by atoms with Crippen molar-refractivity contribution in [2.45, 2.75) is 13.1 Å². The van der Waals surface area contributed by atoms with Crippen molar-refractivity contribution < 1.29 is 4.79 Å². The predicted molar refractivity (Wildman–Crippen MR) is 64.6 cm³/mol. The number of hydrogen-bond acceptors (Lipinski definition) is 5. The smallest absolute Gasteiger partial charge is 0.273 e. The number of amides is 1. The van der Waals surface area contributed by atoms with E-state index in [1.165, 1.54) is 0 Å². The average molecular weight is 251 g/mol. The number of aromatic nitrogens is 3. The molecule has 0 aromatic carbocycles. The van der Waals surface area contributed by atoms with E-state index in [1.807, 2.05) is 17.5 Å². The molecule has 0 fully saturated rings. The largest absolute Gasteiger partial charge is 0.346 e. The van der Waals surface area contributed by atoms with Crippen LogP contribution in [0.15, 0.2) is 23.7 Å². The van der Waals surface area contributed by atoms with Gasteiger partial charge in [-0.1, -0.05) is 11.3 Å². The molecular formula is C10H13N5OS. The zero-order chi connectivity index (χ0) is 12.1. The molecule has 1 amide bonds. The highest BCUT2D eigenvalue weighted by Gasteiger charge is 2.10. The summed E-state index contributed by atoms with van der Waals surface area (Å²) < 4.78 is 1.56. The molecule has 0 unspecified atom stereocenters. The highest BCUT2D eigenvalue weighted by atomic mass is 32.1. The third-order valence-corrected chi connectivity index (χ3v) is 3.01. The standard InChI is InChI=1S/C10H13N5OS/c11-3-4-15-7-9(13-14-15)10(16)12-6-8-2-1-5-17-8/h1-2,5,7H,3-4,6,11H2,(H,12,16). The molecule has 17 heavy (non-hydrogen) atoms. The van der Waals surface area contributed by atoms with Crippen molar-refractivity contribution in [3.8, 4) is 0 Å². The number of nitrogens with one attached hydrogen (secondary N) is 1.